The fourth-order valence-corrected chi connectivity index (χ4v) is 2.94. The van der Waals surface area contributed by atoms with E-state index in [0.717, 1.165) is 6.42 Å². The molecule has 100 valence electrons. The van der Waals surface area contributed by atoms with Crippen LogP contribution in [0.3, 0.4) is 0 Å². The number of aromatic amines is 1. The Kier molecular flexibility index (Phi) is 4.23. The number of hydrogen-bond donors (Lipinski definition) is 1. The Hall–Kier alpha value is -1.08. The zero-order chi connectivity index (χ0) is 13.1. The quantitative estimate of drug-likeness (QED) is 0.803. The van der Waals surface area contributed by atoms with Crippen molar-refractivity contribution < 1.29 is 9.53 Å². The zero-order valence-electron chi connectivity index (χ0n) is 10.5. The van der Waals surface area contributed by atoms with Gasteiger partial charge in [0.05, 0.1) is 12.4 Å². The molecule has 0 amide bonds. The fraction of sp³-hybridized carbons (Fsp3) is 0.727. The summed E-state index contributed by atoms with van der Waals surface area (Å²) < 4.78 is 6.75. The zero-order valence-corrected chi connectivity index (χ0v) is 11.3. The molecule has 2 rings (SSSR count). The number of aromatic nitrogens is 3. The summed E-state index contributed by atoms with van der Waals surface area (Å²) >= 11 is 1.31. The Morgan fingerprint density at radius 1 is 1.67 bits per heavy atom. The molecule has 1 N–H and O–H groups in total. The Balaban J connectivity index is 1.97. The van der Waals surface area contributed by atoms with Gasteiger partial charge in [-0.05, 0) is 20.3 Å². The summed E-state index contributed by atoms with van der Waals surface area (Å²) in [4.78, 5) is 23.4. The highest BCUT2D eigenvalue weighted by atomic mass is 32.2. The van der Waals surface area contributed by atoms with Crippen molar-refractivity contribution in [3.8, 4) is 0 Å². The average Bonchev–Trinajstić information content (AvgIpc) is 2.94. The number of hydrogen-bond acceptors (Lipinski definition) is 5. The largest absolute Gasteiger partial charge is 0.381 e. The highest BCUT2D eigenvalue weighted by Crippen LogP contribution is 2.21. The molecule has 1 atom stereocenters. The van der Waals surface area contributed by atoms with E-state index in [9.17, 15) is 9.59 Å². The molecule has 2 heterocycles. The summed E-state index contributed by atoms with van der Waals surface area (Å²) in [5, 5.41) is 6.92. The van der Waals surface area contributed by atoms with Gasteiger partial charge in [0.1, 0.15) is 5.78 Å². The number of nitrogens with one attached hydrogen (secondary N) is 1. The van der Waals surface area contributed by atoms with Crippen LogP contribution >= 0.6 is 11.8 Å². The third kappa shape index (κ3) is 2.84. The lowest BCUT2D eigenvalue weighted by Crippen LogP contribution is -2.20. The minimum atomic E-state index is -0.232. The Morgan fingerprint density at radius 3 is 3.06 bits per heavy atom. The second kappa shape index (κ2) is 5.71. The van der Waals surface area contributed by atoms with Gasteiger partial charge in [-0.1, -0.05) is 11.8 Å². The number of nitrogens with zero attached hydrogens (tertiary/aromatic N) is 2. The Morgan fingerprint density at radius 2 is 2.44 bits per heavy atom. The summed E-state index contributed by atoms with van der Waals surface area (Å²) in [5.74, 6) is 0.518. The standard InChI is InChI=1S/C11H17N3O3S/c1-7(2)14-10(16)12-13-11(14)18-6-9(15)8-3-4-17-5-8/h7-8H,3-6H2,1-2H3,(H,12,16). The monoisotopic (exact) mass is 271 g/mol. The van der Waals surface area contributed by atoms with Crippen LogP contribution in [-0.2, 0) is 9.53 Å². The first-order valence-electron chi connectivity index (χ1n) is 5.99. The smallest absolute Gasteiger partial charge is 0.344 e. The number of ketones is 1. The van der Waals surface area contributed by atoms with Crippen molar-refractivity contribution in [2.45, 2.75) is 31.5 Å². The van der Waals surface area contributed by atoms with E-state index < -0.39 is 0 Å². The number of Topliss-reactive ketones (excluding diaryl/α,β-unsaturated/α-hetero) is 1. The molecule has 6 nitrogen and oxygen atoms in total. The second-order valence-corrected chi connectivity index (χ2v) is 5.53. The van der Waals surface area contributed by atoms with E-state index in [1.807, 2.05) is 13.8 Å². The van der Waals surface area contributed by atoms with E-state index in [2.05, 4.69) is 10.2 Å². The molecule has 0 saturated carbocycles. The summed E-state index contributed by atoms with van der Waals surface area (Å²) in [5.41, 5.74) is -0.232. The molecule has 1 aliphatic heterocycles. The minimum Gasteiger partial charge on any atom is -0.381 e. The third-order valence-electron chi connectivity index (χ3n) is 2.92. The van der Waals surface area contributed by atoms with E-state index >= 15 is 0 Å². The van der Waals surface area contributed by atoms with Crippen molar-refractivity contribution in [3.05, 3.63) is 10.5 Å². The third-order valence-corrected chi connectivity index (χ3v) is 3.89. The lowest BCUT2D eigenvalue weighted by Gasteiger charge is -2.09. The van der Waals surface area contributed by atoms with E-state index in [1.165, 1.54) is 11.8 Å². The maximum absolute atomic E-state index is 11.9. The molecule has 1 unspecified atom stereocenters. The number of rotatable bonds is 5. The van der Waals surface area contributed by atoms with Gasteiger partial charge in [-0.2, -0.15) is 0 Å². The van der Waals surface area contributed by atoms with Crippen LogP contribution < -0.4 is 5.69 Å². The number of H-pyrrole nitrogens is 1. The van der Waals surface area contributed by atoms with Gasteiger partial charge in [0.2, 0.25) is 0 Å². The maximum atomic E-state index is 11.9. The van der Waals surface area contributed by atoms with Crippen molar-refractivity contribution in [2.24, 2.45) is 5.92 Å². The van der Waals surface area contributed by atoms with Gasteiger partial charge in [-0.3, -0.25) is 9.36 Å². The molecule has 0 bridgehead atoms. The van der Waals surface area contributed by atoms with E-state index in [0.29, 0.717) is 24.1 Å². The molecule has 1 aliphatic rings. The number of carbonyl (C=O) groups excluding carboxylic acids is 1. The predicted molar refractivity (Wildman–Crippen MR) is 67.9 cm³/mol. The first kappa shape index (κ1) is 13.4. The molecule has 18 heavy (non-hydrogen) atoms. The Bertz CT molecular complexity index is 474. The average molecular weight is 271 g/mol. The van der Waals surface area contributed by atoms with Crippen LogP contribution in [0.2, 0.25) is 0 Å². The van der Waals surface area contributed by atoms with Crippen LogP contribution in [0.4, 0.5) is 0 Å². The second-order valence-electron chi connectivity index (χ2n) is 4.59. The summed E-state index contributed by atoms with van der Waals surface area (Å²) in [6.07, 6.45) is 0.803. The minimum absolute atomic E-state index is 0.00987. The molecule has 0 aromatic carbocycles. The molecule has 7 heteroatoms. The number of thioether (sulfide) groups is 1. The highest BCUT2D eigenvalue weighted by Gasteiger charge is 2.24. The van der Waals surface area contributed by atoms with Crippen molar-refractivity contribution in [1.82, 2.24) is 14.8 Å². The fourth-order valence-electron chi connectivity index (χ4n) is 1.89. The molecule has 0 radical (unpaired) electrons. The van der Waals surface area contributed by atoms with Crippen molar-refractivity contribution in [3.63, 3.8) is 0 Å². The van der Waals surface area contributed by atoms with E-state index in [-0.39, 0.29) is 23.4 Å². The lowest BCUT2D eigenvalue weighted by molar-refractivity contribution is -0.120. The summed E-state index contributed by atoms with van der Waals surface area (Å²) in [7, 11) is 0. The van der Waals surface area contributed by atoms with Crippen molar-refractivity contribution >= 4 is 17.5 Å². The highest BCUT2D eigenvalue weighted by molar-refractivity contribution is 7.99. The molecular formula is C11H17N3O3S. The molecule has 1 saturated heterocycles. The van der Waals surface area contributed by atoms with E-state index in [1.54, 1.807) is 4.57 Å². The van der Waals surface area contributed by atoms with Crippen molar-refractivity contribution in [1.29, 1.82) is 0 Å². The summed E-state index contributed by atoms with van der Waals surface area (Å²) in [6, 6.07) is 0.0312. The van der Waals surface area contributed by atoms with Gasteiger partial charge in [0.25, 0.3) is 0 Å². The van der Waals surface area contributed by atoms with Crippen LogP contribution in [0.5, 0.6) is 0 Å². The van der Waals surface area contributed by atoms with Crippen LogP contribution in [0.15, 0.2) is 9.95 Å². The van der Waals surface area contributed by atoms with Gasteiger partial charge < -0.3 is 4.74 Å². The van der Waals surface area contributed by atoms with Gasteiger partial charge in [-0.15, -0.1) is 5.10 Å². The lowest BCUT2D eigenvalue weighted by atomic mass is 10.1. The number of ether oxygens (including phenoxy) is 1. The molecule has 1 fully saturated rings. The Labute approximate surface area is 109 Å². The van der Waals surface area contributed by atoms with Crippen LogP contribution in [0, 0.1) is 5.92 Å². The van der Waals surface area contributed by atoms with E-state index in [4.69, 9.17) is 4.74 Å². The molecule has 1 aromatic rings. The van der Waals surface area contributed by atoms with Gasteiger partial charge in [0.15, 0.2) is 5.16 Å². The van der Waals surface area contributed by atoms with Crippen LogP contribution in [0.1, 0.15) is 26.3 Å². The molecule has 1 aromatic heterocycles. The van der Waals surface area contributed by atoms with Crippen LogP contribution in [-0.4, -0.2) is 39.5 Å². The van der Waals surface area contributed by atoms with Gasteiger partial charge in [0, 0.05) is 18.6 Å². The molecule has 0 aliphatic carbocycles. The first-order chi connectivity index (χ1) is 8.59. The van der Waals surface area contributed by atoms with Gasteiger partial charge in [-0.25, -0.2) is 9.89 Å². The first-order valence-corrected chi connectivity index (χ1v) is 6.98. The molecule has 0 spiro atoms. The topological polar surface area (TPSA) is 77.0 Å². The summed E-state index contributed by atoms with van der Waals surface area (Å²) in [6.45, 7) is 5.01. The van der Waals surface area contributed by atoms with Crippen molar-refractivity contribution in [2.75, 3.05) is 19.0 Å². The van der Waals surface area contributed by atoms with Gasteiger partial charge >= 0.3 is 5.69 Å². The normalized spacial score (nSPS) is 19.6. The SMILES string of the molecule is CC(C)n1c(SCC(=O)C2CCOC2)n[nH]c1=O. The number of carbonyl (C=O) groups is 1. The van der Waals surface area contributed by atoms with Crippen LogP contribution in [0.25, 0.3) is 0 Å². The molecular weight excluding hydrogens is 254 g/mol. The maximum Gasteiger partial charge on any atom is 0.344 e. The predicted octanol–water partition coefficient (Wildman–Crippen LogP) is 0.850.